The molecule has 27 heavy (non-hydrogen) atoms. The normalized spacial score (nSPS) is 15.7. The molecule has 1 aliphatic rings. The number of benzene rings is 3. The van der Waals surface area contributed by atoms with Crippen LogP contribution in [0.3, 0.4) is 0 Å². The van der Waals surface area contributed by atoms with Gasteiger partial charge in [-0.1, -0.05) is 57.2 Å². The second-order valence-corrected chi connectivity index (χ2v) is 8.85. The Morgan fingerprint density at radius 2 is 1.59 bits per heavy atom. The molecular weight excluding hydrogens is 332 g/mol. The van der Waals surface area contributed by atoms with Crippen molar-refractivity contribution in [1.82, 2.24) is 0 Å². The molecule has 0 saturated heterocycles. The van der Waals surface area contributed by atoms with Gasteiger partial charge in [0.2, 0.25) is 0 Å². The summed E-state index contributed by atoms with van der Waals surface area (Å²) in [6, 6.07) is 19.5. The Hall–Kier alpha value is -2.32. The third-order valence-corrected chi connectivity index (χ3v) is 5.95. The summed E-state index contributed by atoms with van der Waals surface area (Å²) in [4.78, 5) is 0. The van der Waals surface area contributed by atoms with Gasteiger partial charge in [0.1, 0.15) is 5.75 Å². The molecule has 0 aliphatic heterocycles. The van der Waals surface area contributed by atoms with E-state index in [1.54, 1.807) is 7.11 Å². The average Bonchev–Trinajstić information content (AvgIpc) is 3.47. The van der Waals surface area contributed by atoms with Gasteiger partial charge in [-0.25, -0.2) is 0 Å². The van der Waals surface area contributed by atoms with E-state index in [1.165, 1.54) is 27.5 Å². The van der Waals surface area contributed by atoms with Gasteiger partial charge < -0.3 is 9.84 Å². The number of ether oxygens (including phenoxy) is 1. The highest BCUT2D eigenvalue weighted by Gasteiger charge is 2.44. The highest BCUT2D eigenvalue weighted by molar-refractivity contribution is 5.91. The molecular formula is C25H28O2. The van der Waals surface area contributed by atoms with Crippen molar-refractivity contribution in [2.75, 3.05) is 13.7 Å². The van der Waals surface area contributed by atoms with Crippen LogP contribution in [0, 0.1) is 0 Å². The number of fused-ring (bicyclic) bond motifs is 1. The molecule has 3 aromatic carbocycles. The molecule has 0 unspecified atom stereocenters. The third kappa shape index (κ3) is 3.12. The lowest BCUT2D eigenvalue weighted by Gasteiger charge is -2.25. The van der Waals surface area contributed by atoms with Gasteiger partial charge in [0.05, 0.1) is 13.7 Å². The van der Waals surface area contributed by atoms with Crippen LogP contribution in [-0.4, -0.2) is 18.8 Å². The Labute approximate surface area is 161 Å². The molecule has 0 radical (unpaired) electrons. The van der Waals surface area contributed by atoms with Gasteiger partial charge in [-0.2, -0.15) is 0 Å². The standard InChI is InChI=1S/C25H28O2/c1-24(2,3)22-14-18-8-6-5-7-17(18)13-20(22)21-15-19(9-10-23(21)27-4)25(16-26)11-12-25/h5-10,13-15,26H,11-12,16H2,1-4H3. The summed E-state index contributed by atoms with van der Waals surface area (Å²) in [6.45, 7) is 6.98. The summed E-state index contributed by atoms with van der Waals surface area (Å²) in [6.07, 6.45) is 2.11. The summed E-state index contributed by atoms with van der Waals surface area (Å²) in [5, 5.41) is 12.4. The smallest absolute Gasteiger partial charge is 0.126 e. The number of hydrogen-bond acceptors (Lipinski definition) is 2. The predicted octanol–water partition coefficient (Wildman–Crippen LogP) is 5.84. The number of aliphatic hydroxyl groups is 1. The van der Waals surface area contributed by atoms with Gasteiger partial charge in [-0.15, -0.1) is 0 Å². The highest BCUT2D eigenvalue weighted by Crippen LogP contribution is 2.50. The molecule has 0 amide bonds. The predicted molar refractivity (Wildman–Crippen MR) is 113 cm³/mol. The van der Waals surface area contributed by atoms with E-state index in [2.05, 4.69) is 75.4 Å². The fourth-order valence-electron chi connectivity index (χ4n) is 4.02. The van der Waals surface area contributed by atoms with Crippen LogP contribution in [-0.2, 0) is 10.8 Å². The van der Waals surface area contributed by atoms with Crippen LogP contribution in [0.2, 0.25) is 0 Å². The van der Waals surface area contributed by atoms with E-state index in [0.29, 0.717) is 0 Å². The Bertz CT molecular complexity index is 991. The molecule has 1 fully saturated rings. The van der Waals surface area contributed by atoms with Gasteiger partial charge >= 0.3 is 0 Å². The second kappa shape index (κ2) is 6.38. The zero-order valence-electron chi connectivity index (χ0n) is 16.7. The first-order valence-corrected chi connectivity index (χ1v) is 9.71. The zero-order chi connectivity index (χ0) is 19.2. The average molecular weight is 360 g/mol. The topological polar surface area (TPSA) is 29.5 Å². The molecule has 0 atom stereocenters. The summed E-state index contributed by atoms with van der Waals surface area (Å²) in [5.74, 6) is 0.883. The monoisotopic (exact) mass is 360 g/mol. The number of methoxy groups -OCH3 is 1. The van der Waals surface area contributed by atoms with Crippen molar-refractivity contribution in [1.29, 1.82) is 0 Å². The second-order valence-electron chi connectivity index (χ2n) is 8.85. The maximum atomic E-state index is 9.89. The summed E-state index contributed by atoms with van der Waals surface area (Å²) in [7, 11) is 1.73. The lowest BCUT2D eigenvalue weighted by molar-refractivity contribution is 0.255. The van der Waals surface area contributed by atoms with Crippen molar-refractivity contribution in [3.8, 4) is 16.9 Å². The quantitative estimate of drug-likeness (QED) is 0.633. The maximum Gasteiger partial charge on any atom is 0.126 e. The van der Waals surface area contributed by atoms with Crippen molar-refractivity contribution >= 4 is 10.8 Å². The van der Waals surface area contributed by atoms with Crippen molar-refractivity contribution in [2.24, 2.45) is 0 Å². The Morgan fingerprint density at radius 1 is 0.926 bits per heavy atom. The lowest BCUT2D eigenvalue weighted by atomic mass is 9.79. The van der Waals surface area contributed by atoms with Gasteiger partial charge in [-0.3, -0.25) is 0 Å². The first-order valence-electron chi connectivity index (χ1n) is 9.71. The highest BCUT2D eigenvalue weighted by atomic mass is 16.5. The molecule has 1 saturated carbocycles. The maximum absolute atomic E-state index is 9.89. The largest absolute Gasteiger partial charge is 0.496 e. The molecule has 0 heterocycles. The van der Waals surface area contributed by atoms with Crippen LogP contribution in [0.1, 0.15) is 44.7 Å². The van der Waals surface area contributed by atoms with E-state index in [4.69, 9.17) is 4.74 Å². The molecule has 0 bridgehead atoms. The van der Waals surface area contributed by atoms with Gasteiger partial charge in [0.15, 0.2) is 0 Å². The van der Waals surface area contributed by atoms with E-state index in [0.717, 1.165) is 24.2 Å². The molecule has 1 aliphatic carbocycles. The molecule has 2 heteroatoms. The van der Waals surface area contributed by atoms with Crippen LogP contribution in [0.4, 0.5) is 0 Å². The van der Waals surface area contributed by atoms with Crippen molar-refractivity contribution in [3.05, 3.63) is 65.7 Å². The van der Waals surface area contributed by atoms with E-state index in [9.17, 15) is 5.11 Å². The minimum atomic E-state index is -0.0558. The molecule has 0 aromatic heterocycles. The van der Waals surface area contributed by atoms with Gasteiger partial charge in [-0.05, 0) is 63.9 Å². The van der Waals surface area contributed by atoms with Crippen LogP contribution in [0.5, 0.6) is 5.75 Å². The fourth-order valence-corrected chi connectivity index (χ4v) is 4.02. The molecule has 3 aromatic rings. The van der Waals surface area contributed by atoms with E-state index in [1.807, 2.05) is 0 Å². The van der Waals surface area contributed by atoms with E-state index >= 15 is 0 Å². The Balaban J connectivity index is 1.99. The van der Waals surface area contributed by atoms with Crippen LogP contribution in [0.15, 0.2) is 54.6 Å². The van der Waals surface area contributed by atoms with Crippen LogP contribution < -0.4 is 4.74 Å². The lowest BCUT2D eigenvalue weighted by Crippen LogP contribution is -2.14. The summed E-state index contributed by atoms with van der Waals surface area (Å²) >= 11 is 0. The Morgan fingerprint density at radius 3 is 2.15 bits per heavy atom. The van der Waals surface area contributed by atoms with Crippen molar-refractivity contribution < 1.29 is 9.84 Å². The minimum Gasteiger partial charge on any atom is -0.496 e. The number of aliphatic hydroxyl groups excluding tert-OH is 1. The SMILES string of the molecule is COc1ccc(C2(CO)CC2)cc1-c1cc2ccccc2cc1C(C)(C)C. The molecule has 0 spiro atoms. The van der Waals surface area contributed by atoms with Crippen molar-refractivity contribution in [2.45, 2.75) is 44.4 Å². The summed E-state index contributed by atoms with van der Waals surface area (Å²) in [5.41, 5.74) is 4.81. The van der Waals surface area contributed by atoms with Gasteiger partial charge in [0, 0.05) is 11.0 Å². The van der Waals surface area contributed by atoms with Crippen LogP contribution >= 0.6 is 0 Å². The van der Waals surface area contributed by atoms with Gasteiger partial charge in [0.25, 0.3) is 0 Å². The van der Waals surface area contributed by atoms with Crippen LogP contribution in [0.25, 0.3) is 21.9 Å². The van der Waals surface area contributed by atoms with E-state index in [-0.39, 0.29) is 17.4 Å². The Kier molecular flexibility index (Phi) is 4.27. The fraction of sp³-hybridized carbons (Fsp3) is 0.360. The van der Waals surface area contributed by atoms with E-state index < -0.39 is 0 Å². The number of rotatable bonds is 4. The van der Waals surface area contributed by atoms with Crippen molar-refractivity contribution in [3.63, 3.8) is 0 Å². The molecule has 140 valence electrons. The molecule has 1 N–H and O–H groups in total. The zero-order valence-corrected chi connectivity index (χ0v) is 16.7. The number of hydrogen-bond donors (Lipinski definition) is 1. The minimum absolute atomic E-state index is 0.00856. The first-order chi connectivity index (χ1) is 12.9. The third-order valence-electron chi connectivity index (χ3n) is 5.95. The molecule has 4 rings (SSSR count). The molecule has 2 nitrogen and oxygen atoms in total. The first kappa shape index (κ1) is 18.1. The summed E-state index contributed by atoms with van der Waals surface area (Å²) < 4.78 is 5.74.